The van der Waals surface area contributed by atoms with Crippen molar-refractivity contribution in [2.45, 2.75) is 37.0 Å². The number of halogens is 6. The van der Waals surface area contributed by atoms with Crippen LogP contribution in [0, 0.1) is 17.8 Å². The van der Waals surface area contributed by atoms with Crippen molar-refractivity contribution in [3.8, 4) is 0 Å². The third-order valence-corrected chi connectivity index (χ3v) is 7.19. The lowest BCUT2D eigenvalue weighted by atomic mass is 9.94. The molecule has 3 nitrogen and oxygen atoms in total. The molecule has 2 fully saturated rings. The zero-order valence-corrected chi connectivity index (χ0v) is 14.5. The Kier molecular flexibility index (Phi) is 4.58. The van der Waals surface area contributed by atoms with E-state index in [1.165, 1.54) is 0 Å². The van der Waals surface area contributed by atoms with Crippen LogP contribution in [0.1, 0.15) is 30.9 Å². The van der Waals surface area contributed by atoms with E-state index in [1.807, 2.05) is 6.92 Å². The summed E-state index contributed by atoms with van der Waals surface area (Å²) >= 11 is 0. The van der Waals surface area contributed by atoms with E-state index in [-0.39, 0.29) is 49.0 Å². The second-order valence-corrected chi connectivity index (χ2v) is 8.98. The van der Waals surface area contributed by atoms with E-state index in [1.54, 1.807) is 0 Å². The average Bonchev–Trinajstić information content (AvgIpc) is 3.08. The van der Waals surface area contributed by atoms with Gasteiger partial charge in [0.05, 0.1) is 16.0 Å². The fourth-order valence-electron chi connectivity index (χ4n) is 3.92. The topological polar surface area (TPSA) is 37.4 Å². The Morgan fingerprint density at radius 1 is 0.923 bits per heavy atom. The molecule has 26 heavy (non-hydrogen) atoms. The van der Waals surface area contributed by atoms with Gasteiger partial charge in [0, 0.05) is 13.1 Å². The maximum atomic E-state index is 13.0. The summed E-state index contributed by atoms with van der Waals surface area (Å²) in [7, 11) is -4.44. The lowest BCUT2D eigenvalue weighted by Crippen LogP contribution is -2.30. The minimum absolute atomic E-state index is 0.0696. The minimum Gasteiger partial charge on any atom is -0.207 e. The maximum Gasteiger partial charge on any atom is 0.416 e. The highest BCUT2D eigenvalue weighted by atomic mass is 32.2. The van der Waals surface area contributed by atoms with Crippen LogP contribution in [-0.4, -0.2) is 25.8 Å². The third-order valence-electron chi connectivity index (χ3n) is 5.38. The molecule has 1 aromatic carbocycles. The summed E-state index contributed by atoms with van der Waals surface area (Å²) < 4.78 is 104. The Hall–Kier alpha value is -1.29. The van der Waals surface area contributed by atoms with E-state index in [9.17, 15) is 34.8 Å². The lowest BCUT2D eigenvalue weighted by molar-refractivity contribution is -0.143. The highest BCUT2D eigenvalue weighted by Gasteiger charge is 2.46. The van der Waals surface area contributed by atoms with Crippen molar-refractivity contribution in [3.05, 3.63) is 29.3 Å². The van der Waals surface area contributed by atoms with Crippen LogP contribution in [0.5, 0.6) is 0 Å². The molecule has 2 unspecified atom stereocenters. The van der Waals surface area contributed by atoms with Gasteiger partial charge in [0.1, 0.15) is 0 Å². The SMILES string of the molecule is CC1CCC2CN(S(=O)(=O)c3cc(C(F)(F)F)cc(C(F)(F)F)c3)C[C@H]12. The molecule has 1 aromatic rings. The van der Waals surface area contributed by atoms with Crippen molar-refractivity contribution in [2.24, 2.45) is 17.8 Å². The first-order valence-electron chi connectivity index (χ1n) is 8.10. The summed E-state index contributed by atoms with van der Waals surface area (Å²) in [6.45, 7) is 2.24. The normalized spacial score (nSPS) is 27.7. The zero-order chi connectivity index (χ0) is 19.5. The fraction of sp³-hybridized carbons (Fsp3) is 0.625. The standard InChI is InChI=1S/C16H17F6NO2S/c1-9-2-3-10-7-23(8-14(9)10)26(24,25)13-5-11(15(17,18)19)4-12(6-13)16(20,21)22/h4-6,9-10,14H,2-3,7-8H2,1H3/t9?,10?,14-/m1/s1. The number of hydrogen-bond acceptors (Lipinski definition) is 2. The van der Waals surface area contributed by atoms with Gasteiger partial charge in [0.2, 0.25) is 10.0 Å². The molecule has 0 N–H and O–H groups in total. The van der Waals surface area contributed by atoms with Crippen LogP contribution in [0.15, 0.2) is 23.1 Å². The van der Waals surface area contributed by atoms with Crippen LogP contribution >= 0.6 is 0 Å². The van der Waals surface area contributed by atoms with E-state index < -0.39 is 38.4 Å². The first-order chi connectivity index (χ1) is 11.8. The lowest BCUT2D eigenvalue weighted by Gasteiger charge is -2.20. The number of sulfonamides is 1. The van der Waals surface area contributed by atoms with Gasteiger partial charge >= 0.3 is 12.4 Å². The number of rotatable bonds is 2. The van der Waals surface area contributed by atoms with Gasteiger partial charge in [-0.1, -0.05) is 13.3 Å². The molecule has 0 aromatic heterocycles. The van der Waals surface area contributed by atoms with Gasteiger partial charge in [-0.3, -0.25) is 0 Å². The predicted octanol–water partition coefficient (Wildman–Crippen LogP) is 4.39. The maximum absolute atomic E-state index is 13.0. The van der Waals surface area contributed by atoms with Crippen LogP contribution < -0.4 is 0 Å². The van der Waals surface area contributed by atoms with Crippen molar-refractivity contribution in [1.29, 1.82) is 0 Å². The van der Waals surface area contributed by atoms with E-state index >= 15 is 0 Å². The number of nitrogens with zero attached hydrogens (tertiary/aromatic N) is 1. The van der Waals surface area contributed by atoms with Crippen molar-refractivity contribution >= 4 is 10.0 Å². The Morgan fingerprint density at radius 3 is 1.92 bits per heavy atom. The summed E-state index contributed by atoms with van der Waals surface area (Å²) in [5.41, 5.74) is -3.25. The first kappa shape index (κ1) is 19.5. The molecule has 0 radical (unpaired) electrons. The Balaban J connectivity index is 2.02. The molecule has 2 aliphatic rings. The highest BCUT2D eigenvalue weighted by Crippen LogP contribution is 2.44. The third kappa shape index (κ3) is 3.45. The molecule has 1 saturated carbocycles. The van der Waals surface area contributed by atoms with Gasteiger partial charge in [0.25, 0.3) is 0 Å². The van der Waals surface area contributed by atoms with Crippen molar-refractivity contribution in [1.82, 2.24) is 4.31 Å². The first-order valence-corrected chi connectivity index (χ1v) is 9.54. The molecular weight excluding hydrogens is 384 g/mol. The summed E-state index contributed by atoms with van der Waals surface area (Å²) in [5.74, 6) is 0.484. The van der Waals surface area contributed by atoms with Crippen molar-refractivity contribution < 1.29 is 34.8 Å². The number of alkyl halides is 6. The quantitative estimate of drug-likeness (QED) is 0.690. The van der Waals surface area contributed by atoms with Crippen LogP contribution in [-0.2, 0) is 22.4 Å². The Bertz CT molecular complexity index is 770. The van der Waals surface area contributed by atoms with Gasteiger partial charge < -0.3 is 0 Å². The largest absolute Gasteiger partial charge is 0.416 e. The summed E-state index contributed by atoms with van der Waals surface area (Å²) in [6, 6.07) is 0.490. The highest BCUT2D eigenvalue weighted by molar-refractivity contribution is 7.89. The summed E-state index contributed by atoms with van der Waals surface area (Å²) in [6.07, 6.45) is -8.40. The molecule has 1 aliphatic heterocycles. The summed E-state index contributed by atoms with van der Waals surface area (Å²) in [5, 5.41) is 0. The number of benzene rings is 1. The monoisotopic (exact) mass is 401 g/mol. The minimum atomic E-state index is -5.08. The molecule has 0 bridgehead atoms. The van der Waals surface area contributed by atoms with E-state index in [0.717, 1.165) is 17.1 Å². The Labute approximate surface area is 147 Å². The van der Waals surface area contributed by atoms with Gasteiger partial charge in [-0.2, -0.15) is 30.6 Å². The van der Waals surface area contributed by atoms with Crippen molar-refractivity contribution in [3.63, 3.8) is 0 Å². The second-order valence-electron chi connectivity index (χ2n) is 7.04. The van der Waals surface area contributed by atoms with E-state index in [2.05, 4.69) is 0 Å². The Morgan fingerprint density at radius 2 is 1.46 bits per heavy atom. The molecule has 3 atom stereocenters. The van der Waals surface area contributed by atoms with Crippen LogP contribution in [0.25, 0.3) is 0 Å². The predicted molar refractivity (Wildman–Crippen MR) is 80.6 cm³/mol. The molecular formula is C16H17F6NO2S. The molecule has 3 rings (SSSR count). The van der Waals surface area contributed by atoms with Crippen LogP contribution in [0.4, 0.5) is 26.3 Å². The van der Waals surface area contributed by atoms with Gasteiger partial charge in [-0.15, -0.1) is 0 Å². The molecule has 1 aliphatic carbocycles. The summed E-state index contributed by atoms with van der Waals surface area (Å²) in [4.78, 5) is -0.965. The van der Waals surface area contributed by atoms with Gasteiger partial charge in [0.15, 0.2) is 0 Å². The molecule has 1 heterocycles. The molecule has 0 amide bonds. The zero-order valence-electron chi connectivity index (χ0n) is 13.7. The second kappa shape index (κ2) is 6.12. The fourth-order valence-corrected chi connectivity index (χ4v) is 5.52. The smallest absolute Gasteiger partial charge is 0.207 e. The molecule has 0 spiro atoms. The van der Waals surface area contributed by atoms with Crippen molar-refractivity contribution in [2.75, 3.05) is 13.1 Å². The molecule has 146 valence electrons. The van der Waals surface area contributed by atoms with Crippen LogP contribution in [0.3, 0.4) is 0 Å². The van der Waals surface area contributed by atoms with E-state index in [4.69, 9.17) is 0 Å². The average molecular weight is 401 g/mol. The molecule has 10 heteroatoms. The van der Waals surface area contributed by atoms with Gasteiger partial charge in [-0.05, 0) is 42.4 Å². The van der Waals surface area contributed by atoms with E-state index in [0.29, 0.717) is 0 Å². The van der Waals surface area contributed by atoms with Gasteiger partial charge in [-0.25, -0.2) is 8.42 Å². The number of fused-ring (bicyclic) bond motifs is 1. The molecule has 1 saturated heterocycles. The number of hydrogen-bond donors (Lipinski definition) is 0. The van der Waals surface area contributed by atoms with Crippen LogP contribution in [0.2, 0.25) is 0 Å².